The zero-order chi connectivity index (χ0) is 10.3. The van der Waals surface area contributed by atoms with E-state index in [0.29, 0.717) is 13.1 Å². The number of aryl methyl sites for hydroxylation is 1. The Labute approximate surface area is 78.3 Å². The molecule has 1 fully saturated rings. The Hall–Kier alpha value is -1.04. The second-order valence-corrected chi connectivity index (χ2v) is 3.31. The number of hydrogen-bond acceptors (Lipinski definition) is 3. The van der Waals surface area contributed by atoms with E-state index < -0.39 is 11.9 Å². The second-order valence-electron chi connectivity index (χ2n) is 3.31. The third-order valence-electron chi connectivity index (χ3n) is 2.21. The Morgan fingerprint density at radius 3 is 2.43 bits per heavy atom. The number of rotatable bonds is 1. The van der Waals surface area contributed by atoms with Crippen molar-refractivity contribution in [3.8, 4) is 0 Å². The van der Waals surface area contributed by atoms with Crippen molar-refractivity contribution in [3.05, 3.63) is 17.3 Å². The maximum absolute atomic E-state index is 12.3. The summed E-state index contributed by atoms with van der Waals surface area (Å²) in [7, 11) is 0. The van der Waals surface area contributed by atoms with Crippen LogP contribution in [0.15, 0.2) is 4.42 Å². The van der Waals surface area contributed by atoms with Gasteiger partial charge in [-0.05, 0) is 6.92 Å². The summed E-state index contributed by atoms with van der Waals surface area (Å²) in [4.78, 5) is 3.47. The molecule has 1 aliphatic rings. The molecule has 1 aliphatic heterocycles. The van der Waals surface area contributed by atoms with Crippen LogP contribution in [0.2, 0.25) is 0 Å². The largest absolute Gasteiger partial charge is 0.445 e. The third-order valence-corrected chi connectivity index (χ3v) is 2.21. The summed E-state index contributed by atoms with van der Waals surface area (Å²) < 4.78 is 41.9. The van der Waals surface area contributed by atoms with E-state index in [4.69, 9.17) is 4.42 Å². The highest BCUT2D eigenvalue weighted by atomic mass is 19.4. The first kappa shape index (κ1) is 9.51. The topological polar surface area (TPSA) is 38.1 Å². The fourth-order valence-electron chi connectivity index (χ4n) is 1.32. The number of nitrogens with one attached hydrogen (secondary N) is 1. The van der Waals surface area contributed by atoms with Gasteiger partial charge in [-0.2, -0.15) is 13.2 Å². The number of oxazole rings is 1. The second kappa shape index (κ2) is 2.98. The highest BCUT2D eigenvalue weighted by Gasteiger charge is 2.38. The zero-order valence-corrected chi connectivity index (χ0v) is 7.48. The number of aromatic nitrogens is 1. The lowest BCUT2D eigenvalue weighted by molar-refractivity contribution is -0.141. The van der Waals surface area contributed by atoms with Crippen LogP contribution in [0.1, 0.15) is 23.3 Å². The van der Waals surface area contributed by atoms with Crippen molar-refractivity contribution in [1.82, 2.24) is 10.3 Å². The van der Waals surface area contributed by atoms with E-state index in [1.165, 1.54) is 6.92 Å². The monoisotopic (exact) mass is 206 g/mol. The summed E-state index contributed by atoms with van der Waals surface area (Å²) in [5.74, 6) is 0.0257. The van der Waals surface area contributed by atoms with Crippen LogP contribution in [0, 0.1) is 6.92 Å². The van der Waals surface area contributed by atoms with Crippen LogP contribution in [-0.2, 0) is 6.18 Å². The maximum atomic E-state index is 12.3. The molecule has 3 nitrogen and oxygen atoms in total. The Bertz CT molecular complexity index is 341. The van der Waals surface area contributed by atoms with Gasteiger partial charge >= 0.3 is 6.18 Å². The first-order chi connectivity index (χ1) is 6.48. The predicted molar refractivity (Wildman–Crippen MR) is 41.9 cm³/mol. The molecule has 0 radical (unpaired) electrons. The van der Waals surface area contributed by atoms with E-state index in [1.807, 2.05) is 0 Å². The van der Waals surface area contributed by atoms with Crippen molar-refractivity contribution in [1.29, 1.82) is 0 Å². The van der Waals surface area contributed by atoms with Crippen molar-refractivity contribution in [3.63, 3.8) is 0 Å². The van der Waals surface area contributed by atoms with Crippen LogP contribution >= 0.6 is 0 Å². The number of nitrogens with zero attached hydrogens (tertiary/aromatic N) is 1. The molecule has 1 N–H and O–H groups in total. The van der Waals surface area contributed by atoms with Gasteiger partial charge in [0, 0.05) is 13.1 Å². The standard InChI is InChI=1S/C8H9F3N2O/c1-4-6(8(9,10)11)13-7(14-4)5-2-12-3-5/h5,12H,2-3H2,1H3. The van der Waals surface area contributed by atoms with E-state index in [2.05, 4.69) is 10.3 Å². The molecule has 2 rings (SSSR count). The zero-order valence-electron chi connectivity index (χ0n) is 7.48. The Morgan fingerprint density at radius 1 is 1.43 bits per heavy atom. The molecule has 0 saturated carbocycles. The Kier molecular flexibility index (Phi) is 2.02. The highest BCUT2D eigenvalue weighted by molar-refractivity contribution is 5.15. The van der Waals surface area contributed by atoms with E-state index >= 15 is 0 Å². The lowest BCUT2D eigenvalue weighted by atomic mass is 10.0. The molecule has 14 heavy (non-hydrogen) atoms. The van der Waals surface area contributed by atoms with Crippen molar-refractivity contribution in [2.75, 3.05) is 13.1 Å². The quantitative estimate of drug-likeness (QED) is 0.759. The first-order valence-corrected chi connectivity index (χ1v) is 4.23. The van der Waals surface area contributed by atoms with Crippen LogP contribution in [0.3, 0.4) is 0 Å². The van der Waals surface area contributed by atoms with Crippen molar-refractivity contribution in [2.24, 2.45) is 0 Å². The predicted octanol–water partition coefficient (Wildman–Crippen LogP) is 1.69. The molecule has 2 heterocycles. The van der Waals surface area contributed by atoms with Crippen molar-refractivity contribution < 1.29 is 17.6 Å². The molecule has 1 saturated heterocycles. The fourth-order valence-corrected chi connectivity index (χ4v) is 1.32. The molecule has 0 aliphatic carbocycles. The van der Waals surface area contributed by atoms with Gasteiger partial charge in [-0.15, -0.1) is 0 Å². The van der Waals surface area contributed by atoms with Crippen LogP contribution in [0.5, 0.6) is 0 Å². The van der Waals surface area contributed by atoms with Crippen LogP contribution in [0.4, 0.5) is 13.2 Å². The Morgan fingerprint density at radius 2 is 2.07 bits per heavy atom. The Balaban J connectivity index is 2.29. The van der Waals surface area contributed by atoms with Crippen molar-refractivity contribution in [2.45, 2.75) is 19.0 Å². The van der Waals surface area contributed by atoms with E-state index in [1.54, 1.807) is 0 Å². The van der Waals surface area contributed by atoms with E-state index in [0.717, 1.165) is 0 Å². The molecular formula is C8H9F3N2O. The minimum Gasteiger partial charge on any atom is -0.445 e. The first-order valence-electron chi connectivity index (χ1n) is 4.23. The molecule has 0 bridgehead atoms. The summed E-state index contributed by atoms with van der Waals surface area (Å²) in [6.07, 6.45) is -4.41. The van der Waals surface area contributed by atoms with Gasteiger partial charge in [0.05, 0.1) is 5.92 Å². The molecule has 0 atom stereocenters. The van der Waals surface area contributed by atoms with E-state index in [9.17, 15) is 13.2 Å². The average Bonchev–Trinajstić information content (AvgIpc) is 2.25. The smallest absolute Gasteiger partial charge is 0.436 e. The van der Waals surface area contributed by atoms with Gasteiger partial charge in [0.15, 0.2) is 5.69 Å². The molecule has 1 aromatic heterocycles. The normalized spacial score (nSPS) is 18.3. The number of halogens is 3. The van der Waals surface area contributed by atoms with Gasteiger partial charge in [0.1, 0.15) is 5.76 Å². The van der Waals surface area contributed by atoms with Crippen LogP contribution in [-0.4, -0.2) is 18.1 Å². The minimum absolute atomic E-state index is 0.00944. The van der Waals surface area contributed by atoms with Gasteiger partial charge < -0.3 is 9.73 Å². The lowest BCUT2D eigenvalue weighted by Crippen LogP contribution is -2.40. The van der Waals surface area contributed by atoms with Gasteiger partial charge in [-0.3, -0.25) is 0 Å². The van der Waals surface area contributed by atoms with Crippen LogP contribution < -0.4 is 5.32 Å². The fraction of sp³-hybridized carbons (Fsp3) is 0.625. The van der Waals surface area contributed by atoms with E-state index in [-0.39, 0.29) is 17.6 Å². The minimum atomic E-state index is -4.41. The average molecular weight is 206 g/mol. The molecular weight excluding hydrogens is 197 g/mol. The lowest BCUT2D eigenvalue weighted by Gasteiger charge is -2.23. The van der Waals surface area contributed by atoms with Gasteiger partial charge in [-0.25, -0.2) is 4.98 Å². The molecule has 0 spiro atoms. The van der Waals surface area contributed by atoms with Crippen molar-refractivity contribution >= 4 is 0 Å². The summed E-state index contributed by atoms with van der Waals surface area (Å²) in [5, 5.41) is 2.95. The molecule has 0 unspecified atom stereocenters. The molecule has 6 heteroatoms. The number of hydrogen-bond donors (Lipinski definition) is 1. The highest BCUT2D eigenvalue weighted by Crippen LogP contribution is 2.33. The van der Waals surface area contributed by atoms with Gasteiger partial charge in [0.25, 0.3) is 0 Å². The maximum Gasteiger partial charge on any atom is 0.436 e. The molecule has 0 aromatic carbocycles. The summed E-state index contributed by atoms with van der Waals surface area (Å²) in [6.45, 7) is 2.56. The summed E-state index contributed by atoms with van der Waals surface area (Å²) in [6, 6.07) is 0. The molecule has 0 amide bonds. The summed E-state index contributed by atoms with van der Waals surface area (Å²) in [5.41, 5.74) is -0.903. The van der Waals surface area contributed by atoms with Crippen LogP contribution in [0.25, 0.3) is 0 Å². The number of alkyl halides is 3. The van der Waals surface area contributed by atoms with Gasteiger partial charge in [-0.1, -0.05) is 0 Å². The molecule has 78 valence electrons. The third kappa shape index (κ3) is 1.50. The SMILES string of the molecule is Cc1oc(C2CNC2)nc1C(F)(F)F. The van der Waals surface area contributed by atoms with Gasteiger partial charge in [0.2, 0.25) is 5.89 Å². The summed E-state index contributed by atoms with van der Waals surface area (Å²) >= 11 is 0. The molecule has 1 aromatic rings.